The van der Waals surface area contributed by atoms with Crippen LogP contribution >= 0.6 is 0 Å². The van der Waals surface area contributed by atoms with Crippen LogP contribution in [0.15, 0.2) is 0 Å². The average Bonchev–Trinajstić information content (AvgIpc) is 2.07. The second-order valence-electron chi connectivity index (χ2n) is 1.43. The summed E-state index contributed by atoms with van der Waals surface area (Å²) >= 11 is 0. The minimum Gasteiger partial charge on any atom is -0.480 e. The molecule has 0 atom stereocenters. The Bertz CT molecular complexity index is 142. The summed E-state index contributed by atoms with van der Waals surface area (Å²) in [6.07, 6.45) is 0.750. The van der Waals surface area contributed by atoms with Gasteiger partial charge in [-0.05, 0) is 6.92 Å². The van der Waals surface area contributed by atoms with Crippen LogP contribution in [-0.2, 0) is 14.4 Å². The quantitative estimate of drug-likeness (QED) is 0.277. The van der Waals surface area contributed by atoms with Crippen molar-refractivity contribution in [3.8, 4) is 0 Å². The number of hydrogen-bond acceptors (Lipinski definition) is 5. The monoisotopic (exact) mass is 240 g/mol. The Kier molecular flexibility index (Phi) is 57.7. The van der Waals surface area contributed by atoms with E-state index in [0.717, 1.165) is 6.29 Å². The summed E-state index contributed by atoms with van der Waals surface area (Å²) in [5.41, 5.74) is 9.14. The molecular weight excluding hydrogens is 226 g/mol. The number of aliphatic carboxylic acids is 2. The van der Waals surface area contributed by atoms with E-state index >= 15 is 0 Å². The van der Waals surface area contributed by atoms with Crippen molar-refractivity contribution in [1.82, 2.24) is 0 Å². The number of carbonyl (C=O) groups is 3. The van der Waals surface area contributed by atoms with Crippen LogP contribution in [-0.4, -0.2) is 41.5 Å². The number of nitrogens with two attached hydrogens (primary N) is 2. The van der Waals surface area contributed by atoms with E-state index in [9.17, 15) is 9.59 Å². The van der Waals surface area contributed by atoms with Gasteiger partial charge in [-0.3, -0.25) is 9.59 Å². The van der Waals surface area contributed by atoms with E-state index in [2.05, 4.69) is 11.5 Å². The van der Waals surface area contributed by atoms with Crippen LogP contribution < -0.4 is 70.6 Å². The Morgan fingerprint density at radius 1 is 1.07 bits per heavy atom. The number of rotatable bonds is 2. The van der Waals surface area contributed by atoms with Crippen molar-refractivity contribution >= 4 is 18.2 Å². The fourth-order valence-electron chi connectivity index (χ4n) is 0. The van der Waals surface area contributed by atoms with Gasteiger partial charge in [0.25, 0.3) is 0 Å². The molecule has 0 aliphatic carbocycles. The molecule has 0 fully saturated rings. The molecule has 0 bridgehead atoms. The van der Waals surface area contributed by atoms with E-state index in [-0.39, 0.29) is 72.2 Å². The Morgan fingerprint density at radius 2 is 1.13 bits per heavy atom. The molecule has 0 heterocycles. The minimum absolute atomic E-state index is 0. The predicted molar refractivity (Wildman–Crippen MR) is 45.1 cm³/mol. The molecule has 0 rings (SSSR count). The van der Waals surface area contributed by atoms with Gasteiger partial charge in [0.1, 0.15) is 6.29 Å². The zero-order valence-corrected chi connectivity index (χ0v) is 13.3. The van der Waals surface area contributed by atoms with Gasteiger partial charge in [-0.2, -0.15) is 0 Å². The molecule has 78 valence electrons. The topological polar surface area (TPSA) is 144 Å². The number of carbonyl (C=O) groups excluding carboxylic acids is 1. The molecule has 0 spiro atoms. The van der Waals surface area contributed by atoms with Crippen LogP contribution in [0.5, 0.6) is 0 Å². The van der Waals surface area contributed by atoms with Crippen molar-refractivity contribution in [2.45, 2.75) is 6.92 Å². The Hall–Kier alpha value is 0.530. The second-order valence-corrected chi connectivity index (χ2v) is 1.43. The molecule has 0 saturated carbocycles. The van der Waals surface area contributed by atoms with Gasteiger partial charge in [0, 0.05) is 0 Å². The molecule has 15 heavy (non-hydrogen) atoms. The van der Waals surface area contributed by atoms with Crippen molar-refractivity contribution in [2.24, 2.45) is 11.5 Å². The van der Waals surface area contributed by atoms with Crippen LogP contribution in [0.4, 0.5) is 0 Å². The predicted octanol–water partition coefficient (Wildman–Crippen LogP) is -7.73. The van der Waals surface area contributed by atoms with Crippen LogP contribution in [0, 0.1) is 0 Å². The summed E-state index contributed by atoms with van der Waals surface area (Å²) in [6.45, 7) is 0.889. The van der Waals surface area contributed by atoms with Crippen LogP contribution in [0.1, 0.15) is 6.92 Å². The van der Waals surface area contributed by atoms with E-state index in [4.69, 9.17) is 15.0 Å². The first kappa shape index (κ1) is 29.6. The van der Waals surface area contributed by atoms with Gasteiger partial charge in [0.05, 0.1) is 13.1 Å². The van der Waals surface area contributed by atoms with Gasteiger partial charge in [-0.25, -0.2) is 0 Å². The number of aldehydes is 1. The normalized spacial score (nSPS) is 5.80. The van der Waals surface area contributed by atoms with Crippen LogP contribution in [0.3, 0.4) is 0 Å². The SMILES string of the molecule is CC=O.NCC(=O)O.NCC(=O)O.[Na+].[Na+]. The third-order valence-corrected chi connectivity index (χ3v) is 0.349. The van der Waals surface area contributed by atoms with Crippen LogP contribution in [0.2, 0.25) is 0 Å². The van der Waals surface area contributed by atoms with Gasteiger partial charge >= 0.3 is 71.1 Å². The Labute approximate surface area is 132 Å². The van der Waals surface area contributed by atoms with E-state index < -0.39 is 11.9 Å². The largest absolute Gasteiger partial charge is 1.00 e. The summed E-state index contributed by atoms with van der Waals surface area (Å²) in [6, 6.07) is 0. The van der Waals surface area contributed by atoms with Crippen molar-refractivity contribution in [1.29, 1.82) is 0 Å². The number of carboxylic acids is 2. The summed E-state index contributed by atoms with van der Waals surface area (Å²) in [5, 5.41) is 15.2. The molecule has 0 aliphatic heterocycles. The molecule has 0 aromatic heterocycles. The third kappa shape index (κ3) is 111. The maximum absolute atomic E-state index is 9.24. The minimum atomic E-state index is -0.968. The fraction of sp³-hybridized carbons (Fsp3) is 0.500. The zero-order chi connectivity index (χ0) is 11.3. The summed E-state index contributed by atoms with van der Waals surface area (Å²) in [7, 11) is 0. The smallest absolute Gasteiger partial charge is 0.480 e. The molecule has 6 N–H and O–H groups in total. The van der Waals surface area contributed by atoms with Crippen molar-refractivity contribution < 1.29 is 83.7 Å². The first-order chi connectivity index (χ1) is 5.95. The molecule has 0 saturated heterocycles. The summed E-state index contributed by atoms with van der Waals surface area (Å²) < 4.78 is 0. The molecule has 0 amide bonds. The molecule has 0 radical (unpaired) electrons. The molecule has 0 aliphatic rings. The van der Waals surface area contributed by atoms with Gasteiger partial charge in [-0.15, -0.1) is 0 Å². The zero-order valence-electron chi connectivity index (χ0n) is 9.27. The first-order valence-corrected chi connectivity index (χ1v) is 3.19. The molecule has 0 aromatic carbocycles. The van der Waals surface area contributed by atoms with Crippen molar-refractivity contribution in [3.05, 3.63) is 0 Å². The molecular formula is C6H14N2Na2O5+2. The van der Waals surface area contributed by atoms with E-state index in [1.165, 1.54) is 6.92 Å². The van der Waals surface area contributed by atoms with E-state index in [1.807, 2.05) is 0 Å². The van der Waals surface area contributed by atoms with E-state index in [0.29, 0.717) is 0 Å². The van der Waals surface area contributed by atoms with Crippen LogP contribution in [0.25, 0.3) is 0 Å². The number of hydrogen-bond donors (Lipinski definition) is 4. The maximum atomic E-state index is 9.24. The van der Waals surface area contributed by atoms with Crippen molar-refractivity contribution in [2.75, 3.05) is 13.1 Å². The van der Waals surface area contributed by atoms with Gasteiger partial charge in [-0.1, -0.05) is 0 Å². The third-order valence-electron chi connectivity index (χ3n) is 0.349. The standard InChI is InChI=1S/2C2H5NO2.C2H4O.2Na/c2*3-1-2(4)5;1-2-3;;/h2*1,3H2,(H,4,5);2H,1H3;;/q;;;2*+1. The summed E-state index contributed by atoms with van der Waals surface area (Å²) in [4.78, 5) is 27.3. The Morgan fingerprint density at radius 3 is 1.13 bits per heavy atom. The van der Waals surface area contributed by atoms with Gasteiger partial charge in [0.2, 0.25) is 0 Å². The summed E-state index contributed by atoms with van der Waals surface area (Å²) in [5.74, 6) is -1.94. The van der Waals surface area contributed by atoms with Crippen molar-refractivity contribution in [3.63, 3.8) is 0 Å². The molecule has 9 heteroatoms. The van der Waals surface area contributed by atoms with Gasteiger partial charge in [0.15, 0.2) is 0 Å². The Balaban J connectivity index is -0.0000000322. The van der Waals surface area contributed by atoms with E-state index in [1.54, 1.807) is 0 Å². The maximum Gasteiger partial charge on any atom is 1.00 e. The molecule has 7 nitrogen and oxygen atoms in total. The average molecular weight is 240 g/mol. The van der Waals surface area contributed by atoms with Gasteiger partial charge < -0.3 is 26.5 Å². The first-order valence-electron chi connectivity index (χ1n) is 3.19. The fourth-order valence-corrected chi connectivity index (χ4v) is 0. The number of carboxylic acid groups (broad SMARTS) is 2. The second kappa shape index (κ2) is 29.3. The molecule has 0 unspecified atom stereocenters. The molecule has 0 aromatic rings.